The van der Waals surface area contributed by atoms with Gasteiger partial charge >= 0.3 is 0 Å². The zero-order valence-corrected chi connectivity index (χ0v) is 25.0. The third-order valence-electron chi connectivity index (χ3n) is 6.17. The molecule has 0 fully saturated rings. The number of carbonyl (C=O) groups is 1. The molecule has 40 heavy (non-hydrogen) atoms. The van der Waals surface area contributed by atoms with Gasteiger partial charge in [-0.25, -0.2) is 13.8 Å². The highest BCUT2D eigenvalue weighted by Crippen LogP contribution is 2.32. The Hall–Kier alpha value is -3.37. The molecular formula is C29H31BrClF2N5O2. The minimum Gasteiger partial charge on any atom is -0.487 e. The minimum atomic E-state index is -2.60. The van der Waals surface area contributed by atoms with E-state index in [0.717, 1.165) is 15.7 Å². The van der Waals surface area contributed by atoms with E-state index < -0.39 is 18.4 Å². The molecular weight excluding hydrogens is 604 g/mol. The second-order valence-corrected chi connectivity index (χ2v) is 11.7. The average molecular weight is 635 g/mol. The molecule has 0 radical (unpaired) electrons. The molecule has 7 nitrogen and oxygen atoms in total. The lowest BCUT2D eigenvalue weighted by Gasteiger charge is -2.18. The van der Waals surface area contributed by atoms with Gasteiger partial charge in [-0.1, -0.05) is 54.4 Å². The van der Waals surface area contributed by atoms with Crippen LogP contribution < -0.4 is 20.7 Å². The van der Waals surface area contributed by atoms with E-state index in [1.165, 1.54) is 0 Å². The minimum absolute atomic E-state index is 0.0531. The summed E-state index contributed by atoms with van der Waals surface area (Å²) in [5.74, 6) is 0.801. The summed E-state index contributed by atoms with van der Waals surface area (Å²) in [5.41, 5.74) is 3.91. The fourth-order valence-corrected chi connectivity index (χ4v) is 4.34. The number of hydrogen-bond acceptors (Lipinski definition) is 5. The van der Waals surface area contributed by atoms with Gasteiger partial charge < -0.3 is 25.3 Å². The molecule has 0 saturated carbocycles. The van der Waals surface area contributed by atoms with Crippen molar-refractivity contribution in [2.75, 3.05) is 17.2 Å². The summed E-state index contributed by atoms with van der Waals surface area (Å²) in [7, 11) is 1.82. The first-order valence-corrected chi connectivity index (χ1v) is 13.8. The number of rotatable bonds is 10. The molecule has 0 aliphatic heterocycles. The number of benzene rings is 3. The summed E-state index contributed by atoms with van der Waals surface area (Å²) in [4.78, 5) is 17.0. The molecule has 0 saturated heterocycles. The molecule has 0 unspecified atom stereocenters. The number of halogens is 4. The van der Waals surface area contributed by atoms with E-state index in [1.807, 2.05) is 70.3 Å². The van der Waals surface area contributed by atoms with Gasteiger partial charge in [0.1, 0.15) is 12.4 Å². The van der Waals surface area contributed by atoms with Crippen LogP contribution in [0, 0.1) is 5.41 Å². The van der Waals surface area contributed by atoms with E-state index in [0.29, 0.717) is 52.1 Å². The number of hydrogen-bond donors (Lipinski definition) is 3. The molecule has 11 heteroatoms. The first-order chi connectivity index (χ1) is 18.9. The number of imidazole rings is 1. The van der Waals surface area contributed by atoms with Crippen molar-refractivity contribution in [3.05, 3.63) is 75.2 Å². The van der Waals surface area contributed by atoms with Crippen molar-refractivity contribution in [1.82, 2.24) is 14.9 Å². The maximum Gasteiger partial charge on any atom is 0.272 e. The molecule has 4 rings (SSSR count). The topological polar surface area (TPSA) is 80.2 Å². The summed E-state index contributed by atoms with van der Waals surface area (Å²) < 4.78 is 34.2. The Morgan fingerprint density at radius 3 is 2.50 bits per heavy atom. The van der Waals surface area contributed by atoms with Crippen molar-refractivity contribution in [1.29, 1.82) is 0 Å². The van der Waals surface area contributed by atoms with Crippen LogP contribution in [0.5, 0.6) is 5.75 Å². The van der Waals surface area contributed by atoms with Crippen LogP contribution in [0.25, 0.3) is 11.0 Å². The SMILES string of the molecule is Cn1c(Nc2cc(CNC(=O)C(C)(C)C)ccc2Cl)nc2cc(CNc3ccc(Br)cc3)c(OCC(F)F)cc21. The quantitative estimate of drug-likeness (QED) is 0.167. The Kier molecular flexibility index (Phi) is 9.20. The number of nitrogens with zero attached hydrogens (tertiary/aromatic N) is 2. The number of ether oxygens (including phenoxy) is 1. The molecule has 1 amide bonds. The second-order valence-electron chi connectivity index (χ2n) is 10.4. The highest BCUT2D eigenvalue weighted by molar-refractivity contribution is 9.10. The lowest BCUT2D eigenvalue weighted by Crippen LogP contribution is -2.34. The molecule has 4 aromatic rings. The number of carbonyl (C=O) groups excluding carboxylic acids is 1. The monoisotopic (exact) mass is 633 g/mol. The highest BCUT2D eigenvalue weighted by atomic mass is 79.9. The largest absolute Gasteiger partial charge is 0.487 e. The fraction of sp³-hybridized carbons (Fsp3) is 0.310. The van der Waals surface area contributed by atoms with Gasteiger partial charge in [-0.15, -0.1) is 0 Å². The molecule has 1 aromatic heterocycles. The molecule has 1 heterocycles. The lowest BCUT2D eigenvalue weighted by molar-refractivity contribution is -0.128. The van der Waals surface area contributed by atoms with Crippen molar-refractivity contribution in [2.24, 2.45) is 12.5 Å². The third-order valence-corrected chi connectivity index (χ3v) is 7.02. The summed E-state index contributed by atoms with van der Waals surface area (Å²) in [6, 6.07) is 16.7. The summed E-state index contributed by atoms with van der Waals surface area (Å²) in [5, 5.41) is 9.99. The lowest BCUT2D eigenvalue weighted by atomic mass is 9.95. The van der Waals surface area contributed by atoms with Crippen LogP contribution in [0.2, 0.25) is 5.02 Å². The molecule has 0 aliphatic carbocycles. The summed E-state index contributed by atoms with van der Waals surface area (Å²) in [6.07, 6.45) is -2.60. The molecule has 0 aliphatic rings. The van der Waals surface area contributed by atoms with Gasteiger partial charge in [0.05, 0.1) is 21.7 Å². The fourth-order valence-electron chi connectivity index (χ4n) is 3.91. The number of anilines is 3. The van der Waals surface area contributed by atoms with Crippen molar-refractivity contribution in [2.45, 2.75) is 40.3 Å². The number of amides is 1. The van der Waals surface area contributed by atoms with Crippen molar-refractivity contribution < 1.29 is 18.3 Å². The van der Waals surface area contributed by atoms with Crippen molar-refractivity contribution in [3.8, 4) is 5.75 Å². The first-order valence-electron chi connectivity index (χ1n) is 12.6. The Bertz CT molecular complexity index is 1500. The summed E-state index contributed by atoms with van der Waals surface area (Å²) >= 11 is 9.89. The molecule has 0 bridgehead atoms. The molecule has 3 aromatic carbocycles. The van der Waals surface area contributed by atoms with Crippen molar-refractivity contribution >= 4 is 61.8 Å². The van der Waals surface area contributed by atoms with Crippen LogP contribution in [0.3, 0.4) is 0 Å². The van der Waals surface area contributed by atoms with Gasteiger partial charge in [-0.2, -0.15) is 0 Å². The van der Waals surface area contributed by atoms with E-state index in [4.69, 9.17) is 21.3 Å². The van der Waals surface area contributed by atoms with Gasteiger partial charge in [0.2, 0.25) is 11.9 Å². The maximum absolute atomic E-state index is 13.0. The number of nitrogens with one attached hydrogen (secondary N) is 3. The standard InChI is InChI=1S/C29H31BrClF2N5O2/c1-29(2,3)27(39)35-14-17-5-10-21(31)22(11-17)36-28-37-23-12-18(15-34-20-8-6-19(30)7-9-20)25(40-16-26(32)33)13-24(23)38(28)4/h5-13,26,34H,14-16H2,1-4H3,(H,35,39)(H,36,37). The highest BCUT2D eigenvalue weighted by Gasteiger charge is 2.21. The van der Waals surface area contributed by atoms with Gasteiger partial charge in [0.25, 0.3) is 6.43 Å². The van der Waals surface area contributed by atoms with Crippen LogP contribution in [0.15, 0.2) is 59.1 Å². The first kappa shape index (κ1) is 29.6. The van der Waals surface area contributed by atoms with Crippen molar-refractivity contribution in [3.63, 3.8) is 0 Å². The zero-order chi connectivity index (χ0) is 29.0. The normalized spacial score (nSPS) is 11.6. The zero-order valence-electron chi connectivity index (χ0n) is 22.6. The second kappa shape index (κ2) is 12.4. The Morgan fingerprint density at radius 2 is 1.82 bits per heavy atom. The average Bonchev–Trinajstić information content (AvgIpc) is 3.20. The Morgan fingerprint density at radius 1 is 1.10 bits per heavy atom. The molecule has 0 atom stereocenters. The van der Waals surface area contributed by atoms with Gasteiger partial charge in [0.15, 0.2) is 0 Å². The molecule has 212 valence electrons. The molecule has 3 N–H and O–H groups in total. The number of fused-ring (bicyclic) bond motifs is 1. The summed E-state index contributed by atoms with van der Waals surface area (Å²) in [6.45, 7) is 5.56. The Labute approximate surface area is 245 Å². The van der Waals surface area contributed by atoms with E-state index in [1.54, 1.807) is 16.7 Å². The maximum atomic E-state index is 13.0. The number of alkyl halides is 2. The van der Waals surface area contributed by atoms with Crippen LogP contribution in [0.1, 0.15) is 31.9 Å². The predicted molar refractivity (Wildman–Crippen MR) is 160 cm³/mol. The Balaban J connectivity index is 1.60. The van der Waals surface area contributed by atoms with E-state index in [2.05, 4.69) is 31.9 Å². The van der Waals surface area contributed by atoms with E-state index in [9.17, 15) is 13.6 Å². The van der Waals surface area contributed by atoms with Crippen LogP contribution in [-0.2, 0) is 24.9 Å². The van der Waals surface area contributed by atoms with Crippen LogP contribution >= 0.6 is 27.5 Å². The van der Waals surface area contributed by atoms with Crippen LogP contribution in [0.4, 0.5) is 26.1 Å². The molecule has 0 spiro atoms. The van der Waals surface area contributed by atoms with E-state index >= 15 is 0 Å². The smallest absolute Gasteiger partial charge is 0.272 e. The number of aromatic nitrogens is 2. The predicted octanol–water partition coefficient (Wildman–Crippen LogP) is 7.65. The van der Waals surface area contributed by atoms with Gasteiger partial charge in [0, 0.05) is 47.3 Å². The van der Waals surface area contributed by atoms with Gasteiger partial charge in [-0.3, -0.25) is 4.79 Å². The third kappa shape index (κ3) is 7.42. The van der Waals surface area contributed by atoms with E-state index in [-0.39, 0.29) is 5.91 Å². The van der Waals surface area contributed by atoms with Crippen LogP contribution in [-0.4, -0.2) is 28.5 Å². The van der Waals surface area contributed by atoms with Gasteiger partial charge in [-0.05, 0) is 48.0 Å². The number of aryl methyl sites for hydroxylation is 1.